The van der Waals surface area contributed by atoms with Crippen LogP contribution in [0.25, 0.3) is 0 Å². The van der Waals surface area contributed by atoms with Crippen molar-refractivity contribution in [3.63, 3.8) is 0 Å². The lowest BCUT2D eigenvalue weighted by Crippen LogP contribution is -2.87. The van der Waals surface area contributed by atoms with E-state index in [9.17, 15) is 55.7 Å². The highest BCUT2D eigenvalue weighted by Gasteiger charge is 2.43. The van der Waals surface area contributed by atoms with E-state index >= 15 is 0 Å². The number of carbonyl (C=O) groups excluding carboxylic acids is 3. The van der Waals surface area contributed by atoms with Crippen molar-refractivity contribution in [1.29, 1.82) is 0 Å². The molecule has 9 fully saturated rings. The topological polar surface area (TPSA) is 267 Å². The Balaban J connectivity index is 0.000000168. The standard InChI is InChI=1S/3C18H15S.C13H21F2NO3.2C10H19NO2.C7H6N4O.C6H6F2N2O.C6H10O.C4H9NO.C3H4F2O2.B2/c3*1-4-10-16(11-5-1)19(17-12-6-2-7-13-17)18-14-8-3-9-15-18;1-13(14,15)12(17)19-11-5-3-2-4-10(11)16-6-8-18-9-7-16;2*12-10-4-2-1-3-9(10)11-5-7-13-8-6-11;12-7(10-3-1-8-5-10)11-4-2-9-6-11;1-6(7,8)5(11)10-3-2-9-4-10;1-2-4-6-5(3-1)7-6;1-3-6-4-2-5-1;1-3(4,5)2(6)7;1-2/h3*1-15H;10-11H,2-9H2,1H3;2*9-10,12H,1-8H2;1-6H;2-4H,1H3;5-6H,1-4H2;5H,1-4H2;1H3,(H,6,7);/q3*+1;;;;;;;;;/p+1. The lowest BCUT2D eigenvalue weighted by Gasteiger charge is -2.41. The highest BCUT2D eigenvalue weighted by atomic mass is 32.2. The Bertz CT molecular complexity index is 4850. The Morgan fingerprint density at radius 2 is 0.592 bits per heavy atom. The van der Waals surface area contributed by atoms with Crippen LogP contribution in [0.4, 0.5) is 31.1 Å². The first-order valence-electron chi connectivity index (χ1n) is 50.4. The lowest BCUT2D eigenvalue weighted by molar-refractivity contribution is -0.670. The Labute approximate surface area is 872 Å². The maximum absolute atomic E-state index is 12.9. The molecule has 4 saturated carbocycles. The second kappa shape index (κ2) is 65.2. The largest absolute Gasteiger partial charge is 0.477 e. The minimum Gasteiger partial charge on any atom is -0.477 e. The fraction of sp³-hybridized carbons (Fsp3) is 0.407. The van der Waals surface area contributed by atoms with Crippen molar-refractivity contribution >= 4 is 72.0 Å². The molecule has 9 aliphatic rings. The van der Waals surface area contributed by atoms with Crippen LogP contribution in [0.15, 0.2) is 373 Å². The summed E-state index contributed by atoms with van der Waals surface area (Å²) >= 11 is 0. The number of rotatable bonds is 16. The minimum atomic E-state index is -3.58. The first-order chi connectivity index (χ1) is 71.4. The Morgan fingerprint density at radius 3 is 0.816 bits per heavy atom. The van der Waals surface area contributed by atoms with Crippen LogP contribution in [0.1, 0.15) is 128 Å². The van der Waals surface area contributed by atoms with E-state index < -0.39 is 41.7 Å². The second-order valence-electron chi connectivity index (χ2n) is 35.8. The highest BCUT2D eigenvalue weighted by Crippen LogP contribution is 2.38. The van der Waals surface area contributed by atoms with Gasteiger partial charge in [-0.1, -0.05) is 209 Å². The van der Waals surface area contributed by atoms with Gasteiger partial charge in [0, 0.05) is 131 Å². The molecule has 782 valence electrons. The molecule has 34 heteroatoms. The van der Waals surface area contributed by atoms with Gasteiger partial charge in [0.1, 0.15) is 25.1 Å². The molecule has 0 bridgehead atoms. The third-order valence-corrected chi connectivity index (χ3v) is 31.5. The molecule has 3 aromatic heterocycles. The van der Waals surface area contributed by atoms with Gasteiger partial charge >= 0.3 is 41.6 Å². The van der Waals surface area contributed by atoms with Gasteiger partial charge in [-0.05, 0) is 167 Å². The summed E-state index contributed by atoms with van der Waals surface area (Å²) < 4.78 is 108. The number of carboxylic acids is 1. The number of alkyl halides is 6. The maximum atomic E-state index is 12.9. The molecule has 147 heavy (non-hydrogen) atoms. The fourth-order valence-corrected chi connectivity index (χ4v) is 23.6. The smallest absolute Gasteiger partial charge is 0.376 e. The van der Waals surface area contributed by atoms with Gasteiger partial charge in [0.05, 0.1) is 123 Å². The van der Waals surface area contributed by atoms with Gasteiger partial charge in [0.2, 0.25) is 0 Å². The normalized spacial score (nSPS) is 20.1. The van der Waals surface area contributed by atoms with E-state index in [0.29, 0.717) is 64.7 Å². The van der Waals surface area contributed by atoms with Gasteiger partial charge < -0.3 is 49.1 Å². The Morgan fingerprint density at radius 1 is 0.347 bits per heavy atom. The van der Waals surface area contributed by atoms with Crippen molar-refractivity contribution in [1.82, 2.24) is 43.4 Å². The number of hydrogen-bond donors (Lipinski definition) is 4. The lowest BCUT2D eigenvalue weighted by atomic mass is 9.81. The van der Waals surface area contributed by atoms with E-state index in [1.165, 1.54) is 142 Å². The zero-order valence-electron chi connectivity index (χ0n) is 84.1. The van der Waals surface area contributed by atoms with Crippen LogP contribution in [0, 0.1) is 0 Å². The van der Waals surface area contributed by atoms with Gasteiger partial charge in [-0.2, -0.15) is 26.3 Å². The third-order valence-electron chi connectivity index (χ3n) is 24.8. The van der Waals surface area contributed by atoms with E-state index in [2.05, 4.69) is 323 Å². The minimum absolute atomic E-state index is 0.0146. The summed E-state index contributed by atoms with van der Waals surface area (Å²) in [4.78, 5) is 73.0. The molecule has 8 atom stereocenters. The van der Waals surface area contributed by atoms with Crippen LogP contribution in [0.3, 0.4) is 0 Å². The monoisotopic (exact) mass is 2080 g/mol. The Kier molecular flexibility index (Phi) is 52.4. The molecular weight excluding hydrogens is 1940 g/mol. The average molecular weight is 2080 g/mol. The molecule has 23 nitrogen and oxygen atoms in total. The number of epoxide rings is 1. The summed E-state index contributed by atoms with van der Waals surface area (Å²) in [6.45, 7) is 15.9. The predicted molar refractivity (Wildman–Crippen MR) is 564 cm³/mol. The van der Waals surface area contributed by atoms with Gasteiger partial charge in [-0.25, -0.2) is 29.3 Å². The number of esters is 1. The first-order valence-corrected chi connectivity index (χ1v) is 54.1. The van der Waals surface area contributed by atoms with E-state index in [-0.39, 0.29) is 57.0 Å². The number of aliphatic hydroxyl groups is 2. The number of ether oxygens (including phenoxy) is 6. The zero-order valence-corrected chi connectivity index (χ0v) is 86.5. The van der Waals surface area contributed by atoms with Gasteiger partial charge in [-0.15, -0.1) is 0 Å². The number of fused-ring (bicyclic) bond motifs is 1. The van der Waals surface area contributed by atoms with E-state index in [1.54, 1.807) is 24.8 Å². The van der Waals surface area contributed by atoms with Crippen molar-refractivity contribution in [2.75, 3.05) is 105 Å². The predicted octanol–water partition coefficient (Wildman–Crippen LogP) is 19.1. The molecule has 8 heterocycles. The summed E-state index contributed by atoms with van der Waals surface area (Å²) in [5, 5.41) is 29.4. The number of benzene rings is 9. The second-order valence-corrected chi connectivity index (χ2v) is 41.8. The quantitative estimate of drug-likeness (QED) is 0.0230. The number of aliphatic carboxylic acids is 1. The molecule has 21 rings (SSSR count). The van der Waals surface area contributed by atoms with Crippen molar-refractivity contribution in [3.8, 4) is 0 Å². The molecule has 12 aromatic rings. The number of carboxylic acid groups (broad SMARTS) is 1. The molecule has 8 unspecified atom stereocenters. The van der Waals surface area contributed by atoms with E-state index in [0.717, 1.165) is 135 Å². The van der Waals surface area contributed by atoms with Crippen LogP contribution in [-0.4, -0.2) is 270 Å². The van der Waals surface area contributed by atoms with Crippen LogP contribution >= 0.6 is 0 Å². The van der Waals surface area contributed by atoms with Gasteiger partial charge in [0.15, 0.2) is 44.1 Å². The van der Waals surface area contributed by atoms with Crippen LogP contribution in [-0.2, 0) is 70.7 Å². The number of hydrogen-bond acceptors (Lipinski definition) is 18. The molecule has 5 N–H and O–H groups in total. The zero-order chi connectivity index (χ0) is 105. The molecular formula is C113H140B2F6N10O13S3+4. The van der Waals surface area contributed by atoms with Crippen molar-refractivity contribution in [3.05, 3.63) is 329 Å². The van der Waals surface area contributed by atoms with E-state index in [1.807, 2.05) is 0 Å². The Hall–Kier alpha value is -10.8. The molecule has 9 aromatic carbocycles. The number of quaternary nitrogens is 1. The first kappa shape index (κ1) is 118. The highest BCUT2D eigenvalue weighted by molar-refractivity contribution is 7.97. The van der Waals surface area contributed by atoms with Gasteiger partial charge in [0.25, 0.3) is 0 Å². The maximum Gasteiger partial charge on any atom is 0.376 e. The summed E-state index contributed by atoms with van der Waals surface area (Å²) in [6.07, 6.45) is 31.8. The molecule has 5 saturated heterocycles. The molecule has 4 radical (unpaired) electrons. The number of imidazole rings is 3. The van der Waals surface area contributed by atoms with Crippen molar-refractivity contribution < 1.29 is 94.6 Å². The number of aromatic nitrogens is 6. The number of aliphatic hydroxyl groups excluding tert-OH is 2. The summed E-state index contributed by atoms with van der Waals surface area (Å²) in [5.41, 5.74) is 0. The van der Waals surface area contributed by atoms with Crippen molar-refractivity contribution in [2.24, 2.45) is 0 Å². The summed E-state index contributed by atoms with van der Waals surface area (Å²) in [7, 11) is 7.96. The number of nitrogens with zero attached hydrogens (tertiary/aromatic N) is 9. The van der Waals surface area contributed by atoms with Crippen LogP contribution in [0.5, 0.6) is 0 Å². The number of nitrogens with two attached hydrogens (primary N) is 1. The summed E-state index contributed by atoms with van der Waals surface area (Å²) in [5.74, 6) is -15.1. The van der Waals surface area contributed by atoms with Crippen molar-refractivity contribution in [2.45, 2.75) is 234 Å². The van der Waals surface area contributed by atoms with Gasteiger partial charge in [-0.3, -0.25) is 33.2 Å². The number of morpholine rings is 4. The molecule has 0 amide bonds. The fourth-order valence-electron chi connectivity index (χ4n) is 17.3. The average Bonchev–Trinajstić information content (AvgIpc) is 0.931. The number of halogens is 6. The third kappa shape index (κ3) is 41.6. The van der Waals surface area contributed by atoms with Crippen LogP contribution < -0.4 is 5.32 Å². The SMILES string of the molecule is C1CCC2OC2C1.C1COCC[NH2+]1.CC(F)(F)C(=O)O.CC(F)(F)C(=O)OC1CCCCC1N1CCOCC1.CC(F)(F)C(=O)n1ccnc1.O=C(n1ccnc1)n1ccnc1.OC1CCCCC1N1CCOCC1.OC1CCCCC1N1CCOCC1.[B][B].c1ccc([S+](c2ccccc2)c2ccccc2)cc1.c1ccc([S+](c2ccccc2)c2ccccc2)cc1.c1ccc([S+](c2ccccc2)c2ccccc2)cc1. The van der Waals surface area contributed by atoms with E-state index in [4.69, 9.17) is 33.5 Å². The summed E-state index contributed by atoms with van der Waals surface area (Å²) in [6, 6.07) is 97.2. The molecule has 0 spiro atoms. The number of carbonyl (C=O) groups is 4. The van der Waals surface area contributed by atoms with Crippen LogP contribution in [0.2, 0.25) is 0 Å². The molecule has 5 aliphatic heterocycles. The molecule has 4 aliphatic carbocycles.